The molecule has 0 bridgehead atoms. The van der Waals surface area contributed by atoms with E-state index >= 15 is 0 Å². The van der Waals surface area contributed by atoms with E-state index in [1.165, 1.54) is 0 Å². The number of nitrogens with one attached hydrogen (secondary N) is 1. The lowest BCUT2D eigenvalue weighted by Crippen LogP contribution is -2.24. The fraction of sp³-hybridized carbons (Fsp3) is 0.100. The second-order valence-corrected chi connectivity index (χ2v) is 5.36. The number of amides is 1. The number of carbonyl (C=O) groups excluding carboxylic acids is 1. The zero-order valence-corrected chi connectivity index (χ0v) is 13.8. The van der Waals surface area contributed by atoms with E-state index in [1.54, 1.807) is 37.6 Å². The Balaban J connectivity index is 1.51. The Bertz CT molecular complexity index is 889. The van der Waals surface area contributed by atoms with E-state index in [1.807, 2.05) is 36.4 Å². The molecule has 5 heteroatoms. The van der Waals surface area contributed by atoms with Gasteiger partial charge in [-0.2, -0.15) is 5.10 Å². The first-order valence-electron chi connectivity index (χ1n) is 7.82. The van der Waals surface area contributed by atoms with Crippen LogP contribution in [0.25, 0.3) is 10.8 Å². The van der Waals surface area contributed by atoms with Crippen LogP contribution in [-0.2, 0) is 4.79 Å². The van der Waals surface area contributed by atoms with Gasteiger partial charge in [0.05, 0.1) is 13.3 Å². The van der Waals surface area contributed by atoms with Gasteiger partial charge >= 0.3 is 0 Å². The summed E-state index contributed by atoms with van der Waals surface area (Å²) < 4.78 is 10.4. The smallest absolute Gasteiger partial charge is 0.277 e. The zero-order chi connectivity index (χ0) is 17.5. The summed E-state index contributed by atoms with van der Waals surface area (Å²) in [6, 6.07) is 21.1. The van der Waals surface area contributed by atoms with Crippen molar-refractivity contribution in [3.63, 3.8) is 0 Å². The van der Waals surface area contributed by atoms with Gasteiger partial charge in [-0.25, -0.2) is 5.43 Å². The van der Waals surface area contributed by atoms with Gasteiger partial charge in [0.25, 0.3) is 5.91 Å². The molecule has 3 aromatic carbocycles. The molecule has 0 aliphatic rings. The number of rotatable bonds is 6. The molecule has 0 aliphatic heterocycles. The van der Waals surface area contributed by atoms with Crippen LogP contribution in [0.1, 0.15) is 5.56 Å². The monoisotopic (exact) mass is 334 g/mol. The van der Waals surface area contributed by atoms with E-state index in [-0.39, 0.29) is 12.5 Å². The first-order chi connectivity index (χ1) is 12.2. The fourth-order valence-electron chi connectivity index (χ4n) is 2.32. The fourth-order valence-corrected chi connectivity index (χ4v) is 2.32. The molecule has 126 valence electrons. The highest BCUT2D eigenvalue weighted by Gasteiger charge is 2.02. The number of nitrogens with zero attached hydrogens (tertiary/aromatic N) is 1. The van der Waals surface area contributed by atoms with E-state index < -0.39 is 0 Å². The van der Waals surface area contributed by atoms with E-state index in [0.29, 0.717) is 5.75 Å². The third-order valence-electron chi connectivity index (χ3n) is 3.61. The molecule has 0 aliphatic carbocycles. The Labute approximate surface area is 145 Å². The Kier molecular flexibility index (Phi) is 5.26. The Hall–Kier alpha value is -3.34. The van der Waals surface area contributed by atoms with Crippen LogP contribution in [0.5, 0.6) is 11.5 Å². The van der Waals surface area contributed by atoms with Gasteiger partial charge in [-0.05, 0) is 46.7 Å². The highest BCUT2D eigenvalue weighted by molar-refractivity contribution is 5.90. The number of hydrogen-bond acceptors (Lipinski definition) is 4. The molecule has 0 aromatic heterocycles. The highest BCUT2D eigenvalue weighted by Crippen LogP contribution is 2.17. The molecule has 0 heterocycles. The summed E-state index contributed by atoms with van der Waals surface area (Å²) >= 11 is 0. The van der Waals surface area contributed by atoms with E-state index in [0.717, 1.165) is 22.1 Å². The minimum atomic E-state index is -0.326. The van der Waals surface area contributed by atoms with Gasteiger partial charge in [0.15, 0.2) is 6.61 Å². The summed E-state index contributed by atoms with van der Waals surface area (Å²) in [6.45, 7) is -0.110. The number of carbonyl (C=O) groups is 1. The molecule has 0 spiro atoms. The maximum absolute atomic E-state index is 11.8. The van der Waals surface area contributed by atoms with Gasteiger partial charge in [-0.1, -0.05) is 36.4 Å². The summed E-state index contributed by atoms with van der Waals surface area (Å²) in [5, 5.41) is 6.25. The normalized spacial score (nSPS) is 10.8. The Morgan fingerprint density at radius 2 is 1.72 bits per heavy atom. The summed E-state index contributed by atoms with van der Waals surface area (Å²) in [6.07, 6.45) is 1.61. The average Bonchev–Trinajstić information content (AvgIpc) is 2.66. The van der Waals surface area contributed by atoms with Crippen LogP contribution in [-0.4, -0.2) is 25.8 Å². The lowest BCUT2D eigenvalue weighted by molar-refractivity contribution is -0.123. The molecule has 5 nitrogen and oxygen atoms in total. The molecule has 25 heavy (non-hydrogen) atoms. The van der Waals surface area contributed by atoms with Crippen molar-refractivity contribution in [1.29, 1.82) is 0 Å². The third kappa shape index (κ3) is 4.57. The second-order valence-electron chi connectivity index (χ2n) is 5.36. The van der Waals surface area contributed by atoms with Crippen LogP contribution >= 0.6 is 0 Å². The number of ether oxygens (including phenoxy) is 2. The summed E-state index contributed by atoms with van der Waals surface area (Å²) in [5.41, 5.74) is 3.36. The summed E-state index contributed by atoms with van der Waals surface area (Å²) in [5.74, 6) is 0.999. The molecule has 0 radical (unpaired) electrons. The largest absolute Gasteiger partial charge is 0.497 e. The second kappa shape index (κ2) is 7.97. The molecular weight excluding hydrogens is 316 g/mol. The van der Waals surface area contributed by atoms with Crippen molar-refractivity contribution in [3.05, 3.63) is 72.3 Å². The van der Waals surface area contributed by atoms with E-state index in [4.69, 9.17) is 9.47 Å². The molecule has 0 atom stereocenters. The van der Waals surface area contributed by atoms with Crippen molar-refractivity contribution in [3.8, 4) is 11.5 Å². The number of hydrazone groups is 1. The number of fused-ring (bicyclic) bond motifs is 1. The van der Waals surface area contributed by atoms with Crippen molar-refractivity contribution in [2.75, 3.05) is 13.7 Å². The highest BCUT2D eigenvalue weighted by atomic mass is 16.5. The van der Waals surface area contributed by atoms with Gasteiger partial charge in [0.2, 0.25) is 0 Å². The first-order valence-corrected chi connectivity index (χ1v) is 7.82. The van der Waals surface area contributed by atoms with Gasteiger partial charge < -0.3 is 9.47 Å². The molecule has 0 fully saturated rings. The van der Waals surface area contributed by atoms with Crippen LogP contribution in [0.4, 0.5) is 0 Å². The molecule has 0 unspecified atom stereocenters. The van der Waals surface area contributed by atoms with Crippen molar-refractivity contribution < 1.29 is 14.3 Å². The summed E-state index contributed by atoms with van der Waals surface area (Å²) in [4.78, 5) is 11.8. The van der Waals surface area contributed by atoms with Gasteiger partial charge in [0, 0.05) is 0 Å². The lowest BCUT2D eigenvalue weighted by atomic mass is 10.1. The van der Waals surface area contributed by atoms with Crippen LogP contribution < -0.4 is 14.9 Å². The van der Waals surface area contributed by atoms with E-state index in [9.17, 15) is 4.79 Å². The van der Waals surface area contributed by atoms with Gasteiger partial charge in [-0.15, -0.1) is 0 Å². The number of methoxy groups -OCH3 is 1. The molecular formula is C20H18N2O3. The van der Waals surface area contributed by atoms with Crippen molar-refractivity contribution >= 4 is 22.9 Å². The maximum Gasteiger partial charge on any atom is 0.277 e. The van der Waals surface area contributed by atoms with Gasteiger partial charge in [0.1, 0.15) is 11.5 Å². The van der Waals surface area contributed by atoms with Crippen LogP contribution in [0.3, 0.4) is 0 Å². The molecule has 3 aromatic rings. The van der Waals surface area contributed by atoms with E-state index in [2.05, 4.69) is 16.6 Å². The van der Waals surface area contributed by atoms with Crippen LogP contribution in [0.2, 0.25) is 0 Å². The minimum absolute atomic E-state index is 0.110. The topological polar surface area (TPSA) is 59.9 Å². The van der Waals surface area contributed by atoms with Crippen molar-refractivity contribution in [2.45, 2.75) is 0 Å². The molecule has 0 saturated carbocycles. The predicted octanol–water partition coefficient (Wildman–Crippen LogP) is 3.38. The average molecular weight is 334 g/mol. The lowest BCUT2D eigenvalue weighted by Gasteiger charge is -2.06. The standard InChI is InChI=1S/C20H18N2O3/c1-24-18-8-10-19(11-9-18)25-14-20(23)22-21-13-15-6-7-16-4-2-3-5-17(16)12-15/h2-13H,14H2,1H3,(H,22,23)/b21-13-. The maximum atomic E-state index is 11.8. The number of benzene rings is 3. The molecule has 0 saturated heterocycles. The Morgan fingerprint density at radius 3 is 2.48 bits per heavy atom. The summed E-state index contributed by atoms with van der Waals surface area (Å²) in [7, 11) is 1.59. The van der Waals surface area contributed by atoms with Crippen LogP contribution in [0, 0.1) is 0 Å². The minimum Gasteiger partial charge on any atom is -0.497 e. The van der Waals surface area contributed by atoms with Crippen molar-refractivity contribution in [2.24, 2.45) is 5.10 Å². The first kappa shape index (κ1) is 16.5. The quantitative estimate of drug-likeness (QED) is 0.555. The zero-order valence-electron chi connectivity index (χ0n) is 13.8. The molecule has 1 amide bonds. The van der Waals surface area contributed by atoms with Crippen LogP contribution in [0.15, 0.2) is 71.8 Å². The Morgan fingerprint density at radius 1 is 1.00 bits per heavy atom. The van der Waals surface area contributed by atoms with Gasteiger partial charge in [-0.3, -0.25) is 4.79 Å². The third-order valence-corrected chi connectivity index (χ3v) is 3.61. The predicted molar refractivity (Wildman–Crippen MR) is 98.2 cm³/mol. The SMILES string of the molecule is COc1ccc(OCC(=O)N/N=C\c2ccc3ccccc3c2)cc1. The molecule has 1 N–H and O–H groups in total. The molecule has 3 rings (SSSR count). The van der Waals surface area contributed by atoms with Crippen molar-refractivity contribution in [1.82, 2.24) is 5.43 Å². The number of hydrogen-bond donors (Lipinski definition) is 1.